The maximum atomic E-state index is 11.9. The van der Waals surface area contributed by atoms with Crippen molar-refractivity contribution in [3.05, 3.63) is 0 Å². The van der Waals surface area contributed by atoms with E-state index in [1.165, 1.54) is 0 Å². The maximum absolute atomic E-state index is 11.9. The number of amides is 2. The van der Waals surface area contributed by atoms with Crippen LogP contribution in [0.3, 0.4) is 0 Å². The third kappa shape index (κ3) is 7.81. The Hall–Kier alpha value is -1.12. The van der Waals surface area contributed by atoms with Crippen molar-refractivity contribution in [2.75, 3.05) is 25.4 Å². The molecule has 0 aromatic heterocycles. The van der Waals surface area contributed by atoms with Crippen molar-refractivity contribution in [2.45, 2.75) is 18.3 Å². The molecule has 0 aromatic carbocycles. The lowest BCUT2D eigenvalue weighted by Gasteiger charge is -2.21. The first kappa shape index (κ1) is 15.9. The predicted octanol–water partition coefficient (Wildman–Crippen LogP) is 1.75. The van der Waals surface area contributed by atoms with Gasteiger partial charge in [-0.25, -0.2) is 4.79 Å². The molecule has 0 atom stereocenters. The van der Waals surface area contributed by atoms with Crippen LogP contribution in [0.4, 0.5) is 18.0 Å². The van der Waals surface area contributed by atoms with Gasteiger partial charge in [0.25, 0.3) is 0 Å². The topological polar surface area (TPSA) is 69.6 Å². The molecule has 19 heavy (non-hydrogen) atoms. The van der Waals surface area contributed by atoms with Crippen LogP contribution in [0.2, 0.25) is 0 Å². The number of rotatable bonds is 7. The molecule has 0 aliphatic heterocycles. The number of urea groups is 1. The van der Waals surface area contributed by atoms with Crippen LogP contribution in [0.15, 0.2) is 0 Å². The maximum Gasteiger partial charge on any atom is 0.441 e. The Kier molecular flexibility index (Phi) is 5.77. The first-order chi connectivity index (χ1) is 8.78. The second-order valence-corrected chi connectivity index (χ2v) is 5.40. The van der Waals surface area contributed by atoms with Crippen LogP contribution in [0.1, 0.15) is 12.8 Å². The highest BCUT2D eigenvalue weighted by Gasteiger charge is 2.29. The number of halogens is 3. The molecule has 0 bridgehead atoms. The summed E-state index contributed by atoms with van der Waals surface area (Å²) in [7, 11) is 0. The van der Waals surface area contributed by atoms with Gasteiger partial charge in [0, 0.05) is 18.8 Å². The minimum Gasteiger partial charge on any atom is -0.480 e. The average molecular weight is 300 g/mol. The number of alkyl halides is 3. The monoisotopic (exact) mass is 300 g/mol. The number of thioether (sulfide) groups is 1. The van der Waals surface area contributed by atoms with Gasteiger partial charge in [0.05, 0.1) is 0 Å². The van der Waals surface area contributed by atoms with Gasteiger partial charge in [-0.1, -0.05) is 0 Å². The van der Waals surface area contributed by atoms with Gasteiger partial charge in [0.15, 0.2) is 0 Å². The third-order valence-corrected chi connectivity index (χ3v) is 3.17. The van der Waals surface area contributed by atoms with Crippen molar-refractivity contribution in [1.29, 1.82) is 0 Å². The summed E-state index contributed by atoms with van der Waals surface area (Å²) >= 11 is -0.222. The summed E-state index contributed by atoms with van der Waals surface area (Å²) in [4.78, 5) is 23.4. The van der Waals surface area contributed by atoms with Gasteiger partial charge in [-0.3, -0.25) is 4.79 Å². The number of nitrogens with zero attached hydrogens (tertiary/aromatic N) is 1. The Morgan fingerprint density at radius 2 is 2.00 bits per heavy atom. The second kappa shape index (κ2) is 6.88. The van der Waals surface area contributed by atoms with Gasteiger partial charge in [0.2, 0.25) is 0 Å². The van der Waals surface area contributed by atoms with Crippen LogP contribution in [0, 0.1) is 5.92 Å². The molecule has 110 valence electrons. The van der Waals surface area contributed by atoms with Crippen LogP contribution < -0.4 is 5.32 Å². The average Bonchev–Trinajstić information content (AvgIpc) is 3.05. The highest BCUT2D eigenvalue weighted by atomic mass is 32.2. The fraction of sp³-hybridized carbons (Fsp3) is 0.800. The highest BCUT2D eigenvalue weighted by molar-refractivity contribution is 8.00. The normalized spacial score (nSPS) is 15.1. The van der Waals surface area contributed by atoms with Crippen LogP contribution in [0.25, 0.3) is 0 Å². The Labute approximate surface area is 112 Å². The minimum atomic E-state index is -4.32. The van der Waals surface area contributed by atoms with Gasteiger partial charge in [-0.05, 0) is 30.5 Å². The van der Waals surface area contributed by atoms with Gasteiger partial charge >= 0.3 is 17.5 Å². The van der Waals surface area contributed by atoms with Crippen molar-refractivity contribution >= 4 is 23.8 Å². The fourth-order valence-electron chi connectivity index (χ4n) is 1.43. The molecular formula is C10H15F3N2O3S. The number of hydrogen-bond acceptors (Lipinski definition) is 3. The quantitative estimate of drug-likeness (QED) is 0.703. The lowest BCUT2D eigenvalue weighted by atomic mass is 10.3. The van der Waals surface area contributed by atoms with Crippen molar-refractivity contribution in [1.82, 2.24) is 10.2 Å². The van der Waals surface area contributed by atoms with Crippen molar-refractivity contribution in [3.8, 4) is 0 Å². The Bertz CT molecular complexity index is 334. The standard InChI is InChI=1S/C10H15F3N2O3S/c11-10(12,13)19-4-3-14-9(18)15(6-8(16)17)5-7-1-2-7/h7H,1-6H2,(H,14,18)(H,16,17). The van der Waals surface area contributed by atoms with Crippen LogP contribution >= 0.6 is 11.8 Å². The molecule has 1 fully saturated rings. The molecule has 1 saturated carbocycles. The molecule has 1 aliphatic carbocycles. The lowest BCUT2D eigenvalue weighted by Crippen LogP contribution is -2.44. The minimum absolute atomic E-state index is 0.149. The molecule has 0 aromatic rings. The van der Waals surface area contributed by atoms with E-state index in [0.29, 0.717) is 12.5 Å². The molecule has 1 rings (SSSR count). The number of carbonyl (C=O) groups excluding carboxylic acids is 1. The van der Waals surface area contributed by atoms with E-state index in [9.17, 15) is 22.8 Å². The Morgan fingerprint density at radius 1 is 1.37 bits per heavy atom. The second-order valence-electron chi connectivity index (χ2n) is 4.24. The van der Waals surface area contributed by atoms with E-state index >= 15 is 0 Å². The summed E-state index contributed by atoms with van der Waals surface area (Å²) in [6, 6.07) is -0.628. The smallest absolute Gasteiger partial charge is 0.441 e. The van der Waals surface area contributed by atoms with Gasteiger partial charge in [-0.2, -0.15) is 13.2 Å². The molecule has 2 N–H and O–H groups in total. The molecule has 5 nitrogen and oxygen atoms in total. The Morgan fingerprint density at radius 3 is 2.47 bits per heavy atom. The Balaban J connectivity index is 2.28. The molecule has 0 unspecified atom stereocenters. The van der Waals surface area contributed by atoms with E-state index in [0.717, 1.165) is 17.7 Å². The van der Waals surface area contributed by atoms with E-state index in [1.807, 2.05) is 0 Å². The fourth-order valence-corrected chi connectivity index (χ4v) is 1.87. The molecule has 2 amide bonds. The molecular weight excluding hydrogens is 285 g/mol. The first-order valence-electron chi connectivity index (χ1n) is 5.73. The predicted molar refractivity (Wildman–Crippen MR) is 63.8 cm³/mol. The molecule has 0 heterocycles. The SMILES string of the molecule is O=C(O)CN(CC1CC1)C(=O)NCCSC(F)(F)F. The van der Waals surface area contributed by atoms with Gasteiger partial charge in [0.1, 0.15) is 6.54 Å². The summed E-state index contributed by atoms with van der Waals surface area (Å²) in [5.41, 5.74) is -4.32. The summed E-state index contributed by atoms with van der Waals surface area (Å²) in [6.07, 6.45) is 1.90. The summed E-state index contributed by atoms with van der Waals surface area (Å²) in [6.45, 7) is -0.247. The molecule has 9 heteroatoms. The van der Waals surface area contributed by atoms with E-state index in [-0.39, 0.29) is 24.1 Å². The zero-order valence-corrected chi connectivity index (χ0v) is 10.9. The van der Waals surface area contributed by atoms with E-state index in [1.54, 1.807) is 0 Å². The molecule has 0 spiro atoms. The number of carboxylic acids is 1. The zero-order valence-electron chi connectivity index (χ0n) is 10.1. The van der Waals surface area contributed by atoms with Gasteiger partial charge < -0.3 is 15.3 Å². The summed E-state index contributed by atoms with van der Waals surface area (Å²) < 4.78 is 35.6. The number of aliphatic carboxylic acids is 1. The molecule has 0 saturated heterocycles. The third-order valence-electron chi connectivity index (χ3n) is 2.43. The van der Waals surface area contributed by atoms with E-state index in [2.05, 4.69) is 5.32 Å². The van der Waals surface area contributed by atoms with Crippen LogP contribution in [-0.4, -0.2) is 52.9 Å². The molecule has 0 radical (unpaired) electrons. The molecule has 1 aliphatic rings. The van der Waals surface area contributed by atoms with E-state index < -0.39 is 24.1 Å². The van der Waals surface area contributed by atoms with Gasteiger partial charge in [-0.15, -0.1) is 0 Å². The number of carbonyl (C=O) groups is 2. The van der Waals surface area contributed by atoms with Crippen molar-refractivity contribution in [2.24, 2.45) is 5.92 Å². The van der Waals surface area contributed by atoms with Crippen molar-refractivity contribution in [3.63, 3.8) is 0 Å². The zero-order chi connectivity index (χ0) is 14.5. The first-order valence-corrected chi connectivity index (χ1v) is 6.72. The number of nitrogens with one attached hydrogen (secondary N) is 1. The highest BCUT2D eigenvalue weighted by Crippen LogP contribution is 2.30. The van der Waals surface area contributed by atoms with Crippen LogP contribution in [-0.2, 0) is 4.79 Å². The number of hydrogen-bond donors (Lipinski definition) is 2. The van der Waals surface area contributed by atoms with Crippen LogP contribution in [0.5, 0.6) is 0 Å². The van der Waals surface area contributed by atoms with E-state index in [4.69, 9.17) is 5.11 Å². The van der Waals surface area contributed by atoms with Crippen molar-refractivity contribution < 1.29 is 27.9 Å². The summed E-state index contributed by atoms with van der Waals surface area (Å²) in [5, 5.41) is 11.0. The lowest BCUT2D eigenvalue weighted by molar-refractivity contribution is -0.137. The summed E-state index contributed by atoms with van der Waals surface area (Å²) in [5.74, 6) is -1.12. The largest absolute Gasteiger partial charge is 0.480 e. The number of carboxylic acid groups (broad SMARTS) is 1.